The van der Waals surface area contributed by atoms with Crippen LogP contribution in [0, 0.1) is 5.92 Å². The average Bonchev–Trinajstić information content (AvgIpc) is 2.59. The van der Waals surface area contributed by atoms with Crippen LogP contribution in [0.25, 0.3) is 0 Å². The van der Waals surface area contributed by atoms with Gasteiger partial charge in [-0.05, 0) is 12.0 Å². The minimum absolute atomic E-state index is 0.151. The van der Waals surface area contributed by atoms with Crippen LogP contribution in [0.3, 0.4) is 0 Å². The molecule has 0 spiro atoms. The number of para-hydroxylation sites is 1. The van der Waals surface area contributed by atoms with E-state index in [2.05, 4.69) is 29.4 Å². The van der Waals surface area contributed by atoms with Gasteiger partial charge in [0.05, 0.1) is 19.8 Å². The number of nitrogens with one attached hydrogen (secondary N) is 2. The maximum Gasteiger partial charge on any atom is 0.315 e. The van der Waals surface area contributed by atoms with E-state index in [1.54, 1.807) is 0 Å². The molecule has 0 aromatic heterocycles. The Morgan fingerprint density at radius 2 is 2.00 bits per heavy atom. The Labute approximate surface area is 144 Å². The van der Waals surface area contributed by atoms with Gasteiger partial charge >= 0.3 is 6.03 Å². The number of ether oxygens (including phenoxy) is 2. The molecule has 0 radical (unpaired) electrons. The van der Waals surface area contributed by atoms with Gasteiger partial charge in [-0.3, -0.25) is 4.90 Å². The second-order valence-electron chi connectivity index (χ2n) is 6.38. The van der Waals surface area contributed by atoms with Gasteiger partial charge in [-0.25, -0.2) is 4.79 Å². The van der Waals surface area contributed by atoms with Gasteiger partial charge in [0.2, 0.25) is 0 Å². The Balaban J connectivity index is 1.69. The van der Waals surface area contributed by atoms with Crippen molar-refractivity contribution in [1.29, 1.82) is 0 Å². The molecule has 134 valence electrons. The standard InChI is InChI=1S/C18H29N3O3/c1-15(2)14-24-17-6-4-3-5-16(17)13-20-18(22)19-7-8-21-9-11-23-12-10-21/h3-6,15H,7-14H2,1-2H3,(H2,19,20,22). The van der Waals surface area contributed by atoms with Crippen molar-refractivity contribution < 1.29 is 14.3 Å². The smallest absolute Gasteiger partial charge is 0.315 e. The van der Waals surface area contributed by atoms with E-state index < -0.39 is 0 Å². The maximum absolute atomic E-state index is 11.9. The highest BCUT2D eigenvalue weighted by Crippen LogP contribution is 2.18. The third-order valence-electron chi connectivity index (χ3n) is 3.80. The van der Waals surface area contributed by atoms with Crippen LogP contribution in [-0.2, 0) is 11.3 Å². The lowest BCUT2D eigenvalue weighted by molar-refractivity contribution is 0.0387. The molecular weight excluding hydrogens is 306 g/mol. The summed E-state index contributed by atoms with van der Waals surface area (Å²) in [5, 5.41) is 5.79. The van der Waals surface area contributed by atoms with Gasteiger partial charge in [-0.2, -0.15) is 0 Å². The Morgan fingerprint density at radius 1 is 1.25 bits per heavy atom. The van der Waals surface area contributed by atoms with Crippen molar-refractivity contribution in [1.82, 2.24) is 15.5 Å². The van der Waals surface area contributed by atoms with Gasteiger partial charge in [-0.1, -0.05) is 32.0 Å². The molecule has 1 saturated heterocycles. The molecule has 6 heteroatoms. The van der Waals surface area contributed by atoms with Crippen LogP contribution < -0.4 is 15.4 Å². The van der Waals surface area contributed by atoms with Gasteiger partial charge in [0.1, 0.15) is 5.75 Å². The van der Waals surface area contributed by atoms with E-state index in [1.807, 2.05) is 24.3 Å². The summed E-state index contributed by atoms with van der Waals surface area (Å²) in [7, 11) is 0. The first-order valence-corrected chi connectivity index (χ1v) is 8.67. The number of nitrogens with zero attached hydrogens (tertiary/aromatic N) is 1. The Bertz CT molecular complexity index is 502. The normalized spacial score (nSPS) is 15.3. The maximum atomic E-state index is 11.9. The summed E-state index contributed by atoms with van der Waals surface area (Å²) < 4.78 is 11.1. The molecule has 0 atom stereocenters. The van der Waals surface area contributed by atoms with Crippen molar-refractivity contribution in [3.05, 3.63) is 29.8 Å². The summed E-state index contributed by atoms with van der Waals surface area (Å²) >= 11 is 0. The molecule has 2 amide bonds. The molecule has 6 nitrogen and oxygen atoms in total. The summed E-state index contributed by atoms with van der Waals surface area (Å²) in [6.07, 6.45) is 0. The fourth-order valence-electron chi connectivity index (χ4n) is 2.44. The predicted octanol–water partition coefficient (Wildman–Crippen LogP) is 1.85. The molecule has 2 rings (SSSR count). The fraction of sp³-hybridized carbons (Fsp3) is 0.611. The van der Waals surface area contributed by atoms with E-state index in [-0.39, 0.29) is 6.03 Å². The highest BCUT2D eigenvalue weighted by atomic mass is 16.5. The first-order chi connectivity index (χ1) is 11.6. The molecule has 1 heterocycles. The second-order valence-corrected chi connectivity index (χ2v) is 6.38. The fourth-order valence-corrected chi connectivity index (χ4v) is 2.44. The molecule has 2 N–H and O–H groups in total. The SMILES string of the molecule is CC(C)COc1ccccc1CNC(=O)NCCN1CCOCC1. The molecule has 0 aliphatic carbocycles. The lowest BCUT2D eigenvalue weighted by atomic mass is 10.2. The zero-order valence-electron chi connectivity index (χ0n) is 14.7. The number of rotatable bonds is 8. The largest absolute Gasteiger partial charge is 0.493 e. The van der Waals surface area contributed by atoms with Gasteiger partial charge in [0.15, 0.2) is 0 Å². The van der Waals surface area contributed by atoms with Crippen LogP contribution in [-0.4, -0.2) is 56.9 Å². The number of carbonyl (C=O) groups excluding carboxylic acids is 1. The van der Waals surface area contributed by atoms with Gasteiger partial charge in [0.25, 0.3) is 0 Å². The second kappa shape index (κ2) is 10.2. The summed E-state index contributed by atoms with van der Waals surface area (Å²) in [5.41, 5.74) is 0.987. The molecule has 24 heavy (non-hydrogen) atoms. The van der Waals surface area contributed by atoms with E-state index in [4.69, 9.17) is 9.47 Å². The number of benzene rings is 1. The van der Waals surface area contributed by atoms with Crippen LogP contribution in [0.1, 0.15) is 19.4 Å². The van der Waals surface area contributed by atoms with Gasteiger partial charge < -0.3 is 20.1 Å². The zero-order valence-corrected chi connectivity index (χ0v) is 14.7. The Morgan fingerprint density at radius 3 is 2.75 bits per heavy atom. The lowest BCUT2D eigenvalue weighted by Gasteiger charge is -2.26. The number of urea groups is 1. The van der Waals surface area contributed by atoms with Crippen molar-refractivity contribution in [2.45, 2.75) is 20.4 Å². The van der Waals surface area contributed by atoms with E-state index in [0.29, 0.717) is 25.6 Å². The van der Waals surface area contributed by atoms with Gasteiger partial charge in [0, 0.05) is 38.3 Å². The van der Waals surface area contributed by atoms with Crippen molar-refractivity contribution in [3.8, 4) is 5.75 Å². The summed E-state index contributed by atoms with van der Waals surface area (Å²) in [6.45, 7) is 10.3. The predicted molar refractivity (Wildman–Crippen MR) is 94.3 cm³/mol. The van der Waals surface area contributed by atoms with Crippen molar-refractivity contribution in [3.63, 3.8) is 0 Å². The summed E-state index contributed by atoms with van der Waals surface area (Å²) in [5.74, 6) is 1.30. The molecule has 0 saturated carbocycles. The highest BCUT2D eigenvalue weighted by Gasteiger charge is 2.10. The van der Waals surface area contributed by atoms with E-state index in [1.165, 1.54) is 0 Å². The number of carbonyl (C=O) groups is 1. The van der Waals surface area contributed by atoms with E-state index in [0.717, 1.165) is 44.2 Å². The Kier molecular flexibility index (Phi) is 7.85. The lowest BCUT2D eigenvalue weighted by Crippen LogP contribution is -2.43. The minimum Gasteiger partial charge on any atom is -0.493 e. The molecule has 0 unspecified atom stereocenters. The van der Waals surface area contributed by atoms with Gasteiger partial charge in [-0.15, -0.1) is 0 Å². The van der Waals surface area contributed by atoms with Crippen molar-refractivity contribution >= 4 is 6.03 Å². The van der Waals surface area contributed by atoms with Crippen LogP contribution in [0.5, 0.6) is 5.75 Å². The topological polar surface area (TPSA) is 62.8 Å². The third kappa shape index (κ3) is 6.76. The van der Waals surface area contributed by atoms with Crippen LogP contribution in [0.2, 0.25) is 0 Å². The van der Waals surface area contributed by atoms with E-state index in [9.17, 15) is 4.79 Å². The molecule has 1 aromatic rings. The van der Waals surface area contributed by atoms with Crippen molar-refractivity contribution in [2.24, 2.45) is 5.92 Å². The number of hydrogen-bond acceptors (Lipinski definition) is 4. The molecule has 1 aromatic carbocycles. The molecule has 0 bridgehead atoms. The Hall–Kier alpha value is -1.79. The molecule has 1 fully saturated rings. The monoisotopic (exact) mass is 335 g/mol. The van der Waals surface area contributed by atoms with Crippen LogP contribution in [0.15, 0.2) is 24.3 Å². The number of amides is 2. The molecular formula is C18H29N3O3. The van der Waals surface area contributed by atoms with E-state index >= 15 is 0 Å². The molecule has 1 aliphatic heterocycles. The number of hydrogen-bond donors (Lipinski definition) is 2. The van der Waals surface area contributed by atoms with Crippen LogP contribution >= 0.6 is 0 Å². The third-order valence-corrected chi connectivity index (χ3v) is 3.80. The summed E-state index contributed by atoms with van der Waals surface area (Å²) in [4.78, 5) is 14.2. The quantitative estimate of drug-likeness (QED) is 0.761. The summed E-state index contributed by atoms with van der Waals surface area (Å²) in [6, 6.07) is 7.67. The first kappa shape index (κ1) is 18.5. The van der Waals surface area contributed by atoms with Crippen LogP contribution in [0.4, 0.5) is 4.79 Å². The average molecular weight is 335 g/mol. The minimum atomic E-state index is -0.151. The number of morpholine rings is 1. The van der Waals surface area contributed by atoms with Crippen molar-refractivity contribution in [2.75, 3.05) is 46.0 Å². The highest BCUT2D eigenvalue weighted by molar-refractivity contribution is 5.73. The zero-order chi connectivity index (χ0) is 17.2. The first-order valence-electron chi connectivity index (χ1n) is 8.67. The molecule has 1 aliphatic rings.